The first-order chi connectivity index (χ1) is 8.47. The number of nitrogens with one attached hydrogen (secondary N) is 1. The monoisotopic (exact) mass is 308 g/mol. The lowest BCUT2D eigenvalue weighted by atomic mass is 10.1. The number of rotatable bonds is 3. The van der Waals surface area contributed by atoms with Crippen LogP contribution < -0.4 is 5.43 Å². The Labute approximate surface area is 120 Å². The first-order valence-electron chi connectivity index (χ1n) is 5.08. The van der Waals surface area contributed by atoms with Crippen molar-refractivity contribution in [2.45, 2.75) is 13.8 Å². The molecule has 1 amide bonds. The van der Waals surface area contributed by atoms with E-state index in [0.717, 1.165) is 0 Å². The van der Waals surface area contributed by atoms with E-state index in [-0.39, 0.29) is 16.7 Å². The summed E-state index contributed by atoms with van der Waals surface area (Å²) < 4.78 is 4.66. The van der Waals surface area contributed by atoms with Gasteiger partial charge >= 0.3 is 6.09 Å². The maximum Gasteiger partial charge on any atom is 0.427 e. The molecule has 1 aromatic rings. The molecule has 7 heteroatoms. The SMILES string of the molecule is CCOC(=O)N/N=C(/C)c1ccc(Cl)c(Cl)c1Cl. The van der Waals surface area contributed by atoms with Gasteiger partial charge in [0, 0.05) is 5.56 Å². The number of halogens is 3. The van der Waals surface area contributed by atoms with Crippen molar-refractivity contribution in [2.24, 2.45) is 5.10 Å². The van der Waals surface area contributed by atoms with Crippen LogP contribution in [-0.4, -0.2) is 18.4 Å². The highest BCUT2D eigenvalue weighted by atomic mass is 35.5. The summed E-state index contributed by atoms with van der Waals surface area (Å²) in [5.41, 5.74) is 3.31. The average molecular weight is 310 g/mol. The number of benzene rings is 1. The van der Waals surface area contributed by atoms with E-state index >= 15 is 0 Å². The van der Waals surface area contributed by atoms with Gasteiger partial charge in [0.15, 0.2) is 0 Å². The molecule has 0 aromatic heterocycles. The van der Waals surface area contributed by atoms with Gasteiger partial charge in [-0.2, -0.15) is 5.10 Å². The Morgan fingerprint density at radius 1 is 1.33 bits per heavy atom. The lowest BCUT2D eigenvalue weighted by molar-refractivity contribution is 0.152. The van der Waals surface area contributed by atoms with Crippen LogP contribution >= 0.6 is 34.8 Å². The Balaban J connectivity index is 2.90. The Bertz CT molecular complexity index is 489. The Morgan fingerprint density at radius 3 is 2.61 bits per heavy atom. The number of nitrogens with zero attached hydrogens (tertiary/aromatic N) is 1. The van der Waals surface area contributed by atoms with Gasteiger partial charge in [-0.1, -0.05) is 40.9 Å². The fourth-order valence-corrected chi connectivity index (χ4v) is 1.83. The van der Waals surface area contributed by atoms with Gasteiger partial charge in [0.2, 0.25) is 0 Å². The first kappa shape index (κ1) is 15.1. The third-order valence-corrected chi connectivity index (χ3v) is 3.31. The van der Waals surface area contributed by atoms with E-state index in [0.29, 0.717) is 16.3 Å². The molecule has 0 atom stereocenters. The summed E-state index contributed by atoms with van der Waals surface area (Å²) in [5, 5.41) is 4.75. The quantitative estimate of drug-likeness (QED) is 0.519. The zero-order valence-electron chi connectivity index (χ0n) is 9.76. The van der Waals surface area contributed by atoms with Gasteiger partial charge < -0.3 is 4.74 Å². The molecule has 0 heterocycles. The highest BCUT2D eigenvalue weighted by Crippen LogP contribution is 2.32. The van der Waals surface area contributed by atoms with Crippen molar-refractivity contribution in [1.82, 2.24) is 5.43 Å². The number of hydrogen-bond acceptors (Lipinski definition) is 3. The molecule has 0 bridgehead atoms. The molecular formula is C11H11Cl3N2O2. The molecule has 0 aliphatic heterocycles. The number of amides is 1. The molecule has 0 spiro atoms. The van der Waals surface area contributed by atoms with E-state index in [2.05, 4.69) is 15.3 Å². The van der Waals surface area contributed by atoms with Gasteiger partial charge in [-0.25, -0.2) is 10.2 Å². The number of ether oxygens (including phenoxy) is 1. The second kappa shape index (κ2) is 6.83. The van der Waals surface area contributed by atoms with Gasteiger partial charge in [-0.05, 0) is 19.9 Å². The maximum absolute atomic E-state index is 11.1. The third-order valence-electron chi connectivity index (χ3n) is 2.02. The molecule has 18 heavy (non-hydrogen) atoms. The summed E-state index contributed by atoms with van der Waals surface area (Å²) in [6.45, 7) is 3.65. The third kappa shape index (κ3) is 3.77. The predicted molar refractivity (Wildman–Crippen MR) is 73.8 cm³/mol. The Morgan fingerprint density at radius 2 is 2.00 bits per heavy atom. The van der Waals surface area contributed by atoms with Crippen LogP contribution in [0.25, 0.3) is 0 Å². The van der Waals surface area contributed by atoms with Crippen LogP contribution in [0, 0.1) is 0 Å². The van der Waals surface area contributed by atoms with Crippen molar-refractivity contribution in [1.29, 1.82) is 0 Å². The molecule has 0 saturated heterocycles. The minimum absolute atomic E-state index is 0.251. The van der Waals surface area contributed by atoms with E-state index in [9.17, 15) is 4.79 Å². The summed E-state index contributed by atoms with van der Waals surface area (Å²) in [5.74, 6) is 0. The molecule has 1 N–H and O–H groups in total. The predicted octanol–water partition coefficient (Wildman–Crippen LogP) is 4.12. The molecule has 98 valence electrons. The van der Waals surface area contributed by atoms with Crippen LogP contribution in [0.15, 0.2) is 17.2 Å². The summed E-state index contributed by atoms with van der Waals surface area (Å²) >= 11 is 17.8. The van der Waals surface area contributed by atoms with E-state index in [1.54, 1.807) is 26.0 Å². The molecule has 1 rings (SSSR count). The first-order valence-corrected chi connectivity index (χ1v) is 6.21. The van der Waals surface area contributed by atoms with Crippen LogP contribution in [-0.2, 0) is 4.74 Å². The van der Waals surface area contributed by atoms with Crippen LogP contribution in [0.4, 0.5) is 4.79 Å². The van der Waals surface area contributed by atoms with Gasteiger partial charge in [0.1, 0.15) is 0 Å². The van der Waals surface area contributed by atoms with Gasteiger partial charge in [0.05, 0.1) is 27.4 Å². The van der Waals surface area contributed by atoms with E-state index in [4.69, 9.17) is 34.8 Å². The molecule has 1 aromatic carbocycles. The molecule has 0 radical (unpaired) electrons. The topological polar surface area (TPSA) is 50.7 Å². The Kier molecular flexibility index (Phi) is 5.72. The average Bonchev–Trinajstić information content (AvgIpc) is 2.34. The molecular weight excluding hydrogens is 298 g/mol. The van der Waals surface area contributed by atoms with Crippen LogP contribution in [0.5, 0.6) is 0 Å². The fraction of sp³-hybridized carbons (Fsp3) is 0.273. The highest BCUT2D eigenvalue weighted by molar-refractivity contribution is 6.49. The van der Waals surface area contributed by atoms with E-state index in [1.807, 2.05) is 0 Å². The van der Waals surface area contributed by atoms with Crippen LogP contribution in [0.3, 0.4) is 0 Å². The molecule has 0 aliphatic carbocycles. The smallest absolute Gasteiger partial charge is 0.427 e. The van der Waals surface area contributed by atoms with Gasteiger partial charge in [-0.15, -0.1) is 0 Å². The Hall–Kier alpha value is -0.970. The number of hydrogen-bond donors (Lipinski definition) is 1. The molecule has 0 aliphatic rings. The molecule has 4 nitrogen and oxygen atoms in total. The van der Waals surface area contributed by atoms with Crippen molar-refractivity contribution in [3.05, 3.63) is 32.8 Å². The standard InChI is InChI=1S/C11H11Cl3N2O2/c1-3-18-11(17)16-15-6(2)7-4-5-8(12)10(14)9(7)13/h4-5H,3H2,1-2H3,(H,16,17)/b15-6-. The van der Waals surface area contributed by atoms with Crippen molar-refractivity contribution >= 4 is 46.6 Å². The van der Waals surface area contributed by atoms with Gasteiger partial charge in [0.25, 0.3) is 0 Å². The molecule has 0 saturated carbocycles. The maximum atomic E-state index is 11.1. The lowest BCUT2D eigenvalue weighted by Gasteiger charge is -2.07. The molecule has 0 fully saturated rings. The zero-order chi connectivity index (χ0) is 13.7. The molecule has 0 unspecified atom stereocenters. The number of carbonyl (C=O) groups excluding carboxylic acids is 1. The second-order valence-corrected chi connectivity index (χ2v) is 4.42. The van der Waals surface area contributed by atoms with E-state index < -0.39 is 6.09 Å². The summed E-state index contributed by atoms with van der Waals surface area (Å²) in [7, 11) is 0. The van der Waals surface area contributed by atoms with Crippen molar-refractivity contribution in [3.63, 3.8) is 0 Å². The summed E-state index contributed by atoms with van der Waals surface area (Å²) in [6, 6.07) is 3.27. The summed E-state index contributed by atoms with van der Waals surface area (Å²) in [6.07, 6.45) is -0.631. The highest BCUT2D eigenvalue weighted by Gasteiger charge is 2.11. The van der Waals surface area contributed by atoms with Gasteiger partial charge in [-0.3, -0.25) is 0 Å². The fourth-order valence-electron chi connectivity index (χ4n) is 1.16. The van der Waals surface area contributed by atoms with Crippen molar-refractivity contribution < 1.29 is 9.53 Å². The normalized spacial score (nSPS) is 11.3. The van der Waals surface area contributed by atoms with Crippen LogP contribution in [0.1, 0.15) is 19.4 Å². The summed E-state index contributed by atoms with van der Waals surface area (Å²) in [4.78, 5) is 11.1. The lowest BCUT2D eigenvalue weighted by Crippen LogP contribution is -2.20. The largest absolute Gasteiger partial charge is 0.449 e. The van der Waals surface area contributed by atoms with E-state index in [1.165, 1.54) is 0 Å². The number of carbonyl (C=O) groups is 1. The second-order valence-electron chi connectivity index (χ2n) is 3.25. The zero-order valence-corrected chi connectivity index (χ0v) is 12.0. The van der Waals surface area contributed by atoms with Crippen molar-refractivity contribution in [3.8, 4) is 0 Å². The minimum atomic E-state index is -0.631. The van der Waals surface area contributed by atoms with Crippen molar-refractivity contribution in [2.75, 3.05) is 6.61 Å². The van der Waals surface area contributed by atoms with Crippen LogP contribution in [0.2, 0.25) is 15.1 Å². The number of hydrazone groups is 1. The minimum Gasteiger partial charge on any atom is -0.449 e.